The van der Waals surface area contributed by atoms with E-state index in [4.69, 9.17) is 9.15 Å². The minimum atomic E-state index is -0.784. The fourth-order valence-electron chi connectivity index (χ4n) is 4.53. The quantitative estimate of drug-likeness (QED) is 0.239. The smallest absolute Gasteiger partial charge is 0.296 e. The fraction of sp³-hybridized carbons (Fsp3) is 0.185. The number of carbonyl (C=O) groups is 2. The van der Waals surface area contributed by atoms with Gasteiger partial charge in [-0.3, -0.25) is 9.59 Å². The Hall–Kier alpha value is -4.26. The molecule has 172 valence electrons. The molecule has 1 aliphatic rings. The largest absolute Gasteiger partial charge is 0.507 e. The summed E-state index contributed by atoms with van der Waals surface area (Å²) < 4.78 is 11.1. The number of aryl methyl sites for hydroxylation is 1. The van der Waals surface area contributed by atoms with Crippen LogP contribution in [-0.2, 0) is 16.1 Å². The molecule has 1 unspecified atom stereocenters. The normalized spacial score (nSPS) is 17.6. The van der Waals surface area contributed by atoms with Gasteiger partial charge in [0.25, 0.3) is 11.7 Å². The molecule has 2 aromatic heterocycles. The van der Waals surface area contributed by atoms with E-state index in [1.807, 2.05) is 38.1 Å². The number of aromatic amines is 1. The Kier molecular flexibility index (Phi) is 5.45. The Morgan fingerprint density at radius 1 is 1.15 bits per heavy atom. The van der Waals surface area contributed by atoms with Crippen LogP contribution in [0.2, 0.25) is 0 Å². The predicted molar refractivity (Wildman–Crippen MR) is 127 cm³/mol. The summed E-state index contributed by atoms with van der Waals surface area (Å²) in [5.41, 5.74) is 2.91. The van der Waals surface area contributed by atoms with Crippen LogP contribution in [0.4, 0.5) is 0 Å². The summed E-state index contributed by atoms with van der Waals surface area (Å²) in [7, 11) is 0. The van der Waals surface area contributed by atoms with Gasteiger partial charge in [-0.1, -0.05) is 18.2 Å². The summed E-state index contributed by atoms with van der Waals surface area (Å²) in [5.74, 6) is -0.391. The Morgan fingerprint density at radius 2 is 1.97 bits per heavy atom. The van der Waals surface area contributed by atoms with Crippen molar-refractivity contribution in [2.45, 2.75) is 26.4 Å². The van der Waals surface area contributed by atoms with Crippen molar-refractivity contribution >= 4 is 28.4 Å². The van der Waals surface area contributed by atoms with E-state index in [1.165, 1.54) is 11.2 Å². The number of hydrogen-bond acceptors (Lipinski definition) is 5. The third-order valence-electron chi connectivity index (χ3n) is 6.11. The molecule has 3 heterocycles. The molecule has 1 atom stereocenters. The number of fused-ring (bicyclic) bond motifs is 1. The number of rotatable bonds is 6. The van der Waals surface area contributed by atoms with Gasteiger partial charge in [-0.25, -0.2) is 0 Å². The summed E-state index contributed by atoms with van der Waals surface area (Å²) in [6, 6.07) is 15.6. The lowest BCUT2D eigenvalue weighted by Crippen LogP contribution is -2.29. The molecule has 0 saturated carbocycles. The summed E-state index contributed by atoms with van der Waals surface area (Å²) in [6.45, 7) is 4.38. The van der Waals surface area contributed by atoms with Crippen LogP contribution in [0, 0.1) is 6.92 Å². The van der Waals surface area contributed by atoms with Gasteiger partial charge in [0.05, 0.1) is 31.0 Å². The van der Waals surface area contributed by atoms with E-state index in [0.717, 1.165) is 22.0 Å². The van der Waals surface area contributed by atoms with E-state index < -0.39 is 17.7 Å². The zero-order valence-corrected chi connectivity index (χ0v) is 18.9. The zero-order valence-electron chi connectivity index (χ0n) is 18.9. The summed E-state index contributed by atoms with van der Waals surface area (Å²) >= 11 is 0. The van der Waals surface area contributed by atoms with Crippen molar-refractivity contribution < 1.29 is 23.8 Å². The molecular formula is C27H24N2O5. The first-order chi connectivity index (χ1) is 16.5. The van der Waals surface area contributed by atoms with Gasteiger partial charge in [-0.2, -0.15) is 0 Å². The first-order valence-electron chi connectivity index (χ1n) is 11.1. The molecule has 0 aliphatic carbocycles. The molecule has 0 spiro atoms. The maximum atomic E-state index is 13.3. The van der Waals surface area contributed by atoms with Crippen LogP contribution in [0.25, 0.3) is 16.7 Å². The lowest BCUT2D eigenvalue weighted by Gasteiger charge is -2.24. The molecule has 2 aromatic carbocycles. The van der Waals surface area contributed by atoms with Crippen LogP contribution in [0.3, 0.4) is 0 Å². The predicted octanol–water partition coefficient (Wildman–Crippen LogP) is 5.09. The van der Waals surface area contributed by atoms with Crippen molar-refractivity contribution in [3.05, 3.63) is 95.1 Å². The monoisotopic (exact) mass is 456 g/mol. The fourth-order valence-corrected chi connectivity index (χ4v) is 4.53. The standard InChI is InChI=1S/C27H24N2O5/c1-3-33-22-11-10-17(13-16(22)2)25(30)23-24(20-14-28-21-9-5-4-8-19(20)21)29(27(32)26(23)31)15-18-7-6-12-34-18/h4-14,24,28,30H,3,15H2,1-2H3/b25-23+. The average molecular weight is 456 g/mol. The Bertz CT molecular complexity index is 1410. The second-order valence-corrected chi connectivity index (χ2v) is 8.21. The van der Waals surface area contributed by atoms with Crippen LogP contribution in [0.1, 0.15) is 35.4 Å². The van der Waals surface area contributed by atoms with Gasteiger partial charge < -0.3 is 24.1 Å². The number of carbonyl (C=O) groups excluding carboxylic acids is 2. The lowest BCUT2D eigenvalue weighted by molar-refractivity contribution is -0.140. The maximum Gasteiger partial charge on any atom is 0.296 e. The van der Waals surface area contributed by atoms with Crippen LogP contribution >= 0.6 is 0 Å². The number of aliphatic hydroxyl groups excluding tert-OH is 1. The highest BCUT2D eigenvalue weighted by Crippen LogP contribution is 2.43. The van der Waals surface area contributed by atoms with Crippen molar-refractivity contribution in [1.82, 2.24) is 9.88 Å². The van der Waals surface area contributed by atoms with Gasteiger partial charge in [0.15, 0.2) is 0 Å². The molecule has 1 saturated heterocycles. The number of nitrogens with one attached hydrogen (secondary N) is 1. The molecule has 0 bridgehead atoms. The number of para-hydroxylation sites is 1. The van der Waals surface area contributed by atoms with Gasteiger partial charge in [-0.15, -0.1) is 0 Å². The summed E-state index contributed by atoms with van der Waals surface area (Å²) in [6.07, 6.45) is 3.31. The van der Waals surface area contributed by atoms with Gasteiger partial charge in [0.1, 0.15) is 17.3 Å². The first-order valence-corrected chi connectivity index (χ1v) is 11.1. The number of aliphatic hydroxyl groups is 1. The third kappa shape index (κ3) is 3.55. The molecule has 7 heteroatoms. The Morgan fingerprint density at radius 3 is 2.71 bits per heavy atom. The second kappa shape index (κ2) is 8.59. The Labute approximate surface area is 196 Å². The van der Waals surface area contributed by atoms with E-state index in [0.29, 0.717) is 23.7 Å². The molecule has 4 aromatic rings. The van der Waals surface area contributed by atoms with Crippen molar-refractivity contribution in [1.29, 1.82) is 0 Å². The van der Waals surface area contributed by atoms with Gasteiger partial charge >= 0.3 is 0 Å². The molecule has 1 amide bonds. The van der Waals surface area contributed by atoms with Crippen molar-refractivity contribution in [3.63, 3.8) is 0 Å². The zero-order chi connectivity index (χ0) is 23.8. The molecule has 5 rings (SSSR count). The first kappa shape index (κ1) is 21.6. The maximum absolute atomic E-state index is 13.3. The van der Waals surface area contributed by atoms with E-state index >= 15 is 0 Å². The Balaban J connectivity index is 1.68. The minimum Gasteiger partial charge on any atom is -0.507 e. The second-order valence-electron chi connectivity index (χ2n) is 8.21. The van der Waals surface area contributed by atoms with Crippen LogP contribution < -0.4 is 4.74 Å². The lowest BCUT2D eigenvalue weighted by atomic mass is 9.94. The van der Waals surface area contributed by atoms with Crippen molar-refractivity contribution in [3.8, 4) is 5.75 Å². The number of hydrogen-bond donors (Lipinski definition) is 2. The number of ketones is 1. The van der Waals surface area contributed by atoms with Crippen molar-refractivity contribution in [2.75, 3.05) is 6.61 Å². The molecular weight excluding hydrogens is 432 g/mol. The van der Waals surface area contributed by atoms with E-state index in [2.05, 4.69) is 4.98 Å². The number of Topliss-reactive ketones (excluding diaryl/α,β-unsaturated/α-hetero) is 1. The van der Waals surface area contributed by atoms with E-state index in [9.17, 15) is 14.7 Å². The minimum absolute atomic E-state index is 0.0462. The van der Waals surface area contributed by atoms with Crippen LogP contribution in [0.15, 0.2) is 77.0 Å². The number of amides is 1. The molecule has 0 radical (unpaired) electrons. The SMILES string of the molecule is CCOc1ccc(/C(O)=C2\C(=O)C(=O)N(Cc3ccco3)C2c2c[nH]c3ccccc23)cc1C. The number of benzene rings is 2. The molecule has 1 fully saturated rings. The highest BCUT2D eigenvalue weighted by Gasteiger charge is 2.47. The number of aromatic nitrogens is 1. The van der Waals surface area contributed by atoms with Gasteiger partial charge in [0, 0.05) is 28.2 Å². The molecule has 2 N–H and O–H groups in total. The molecule has 7 nitrogen and oxygen atoms in total. The number of H-pyrrole nitrogens is 1. The van der Waals surface area contributed by atoms with Crippen LogP contribution in [0.5, 0.6) is 5.75 Å². The average Bonchev–Trinajstić information content (AvgIpc) is 3.56. The topological polar surface area (TPSA) is 95.8 Å². The van der Waals surface area contributed by atoms with Crippen molar-refractivity contribution in [2.24, 2.45) is 0 Å². The molecule has 34 heavy (non-hydrogen) atoms. The highest BCUT2D eigenvalue weighted by atomic mass is 16.5. The van der Waals surface area contributed by atoms with Gasteiger partial charge in [-0.05, 0) is 55.8 Å². The number of likely N-dealkylation sites (tertiary alicyclic amines) is 1. The third-order valence-corrected chi connectivity index (χ3v) is 6.11. The number of ether oxygens (including phenoxy) is 1. The number of nitrogens with zero attached hydrogens (tertiary/aromatic N) is 1. The van der Waals surface area contributed by atoms with Gasteiger partial charge in [0.2, 0.25) is 0 Å². The highest BCUT2D eigenvalue weighted by molar-refractivity contribution is 6.46. The van der Waals surface area contributed by atoms with Crippen LogP contribution in [-0.4, -0.2) is 33.3 Å². The summed E-state index contributed by atoms with van der Waals surface area (Å²) in [4.78, 5) is 31.1. The van der Waals surface area contributed by atoms with E-state index in [-0.39, 0.29) is 17.9 Å². The van der Waals surface area contributed by atoms with E-state index in [1.54, 1.807) is 36.5 Å². The molecule has 1 aliphatic heterocycles. The number of furan rings is 1. The summed E-state index contributed by atoms with van der Waals surface area (Å²) in [5, 5.41) is 12.2.